The Hall–Kier alpha value is -3.95. The van der Waals surface area contributed by atoms with Gasteiger partial charge in [-0.15, -0.1) is 5.10 Å². The molecule has 2 aromatic heterocycles. The number of fused-ring (bicyclic) bond motifs is 1. The summed E-state index contributed by atoms with van der Waals surface area (Å²) in [4.78, 5) is 4.33. The van der Waals surface area contributed by atoms with Crippen molar-refractivity contribution in [2.75, 3.05) is 12.5 Å². The van der Waals surface area contributed by atoms with Crippen LogP contribution in [0.2, 0.25) is 0 Å². The second kappa shape index (κ2) is 5.80. The first kappa shape index (κ1) is 15.3. The molecule has 0 saturated heterocycles. The fourth-order valence-corrected chi connectivity index (χ4v) is 2.69. The average molecular weight is 366 g/mol. The van der Waals surface area contributed by atoms with Crippen molar-refractivity contribution < 1.29 is 18.4 Å². The summed E-state index contributed by atoms with van der Waals surface area (Å²) in [6.07, 6.45) is 0. The number of nitrogen functional groups attached to an aromatic ring is 1. The molecular formula is C17H11FN6O3. The predicted molar refractivity (Wildman–Crippen MR) is 90.6 cm³/mol. The summed E-state index contributed by atoms with van der Waals surface area (Å²) in [5.41, 5.74) is 7.59. The Balaban J connectivity index is 1.49. The van der Waals surface area contributed by atoms with E-state index in [1.807, 2.05) is 0 Å². The third-order valence-corrected chi connectivity index (χ3v) is 4.04. The van der Waals surface area contributed by atoms with E-state index in [9.17, 15) is 4.39 Å². The lowest BCUT2D eigenvalue weighted by atomic mass is 10.2. The standard InChI is InChI=1S/C17H11FN6O3/c18-10-2-4-11(5-3-10)24-15(19)14(21-23-24)17-20-16(22-27-17)9-1-6-12-13(7-9)26-8-25-12/h1-7H,8,19H2. The van der Waals surface area contributed by atoms with Gasteiger partial charge in [-0.25, -0.2) is 4.39 Å². The van der Waals surface area contributed by atoms with E-state index < -0.39 is 0 Å². The van der Waals surface area contributed by atoms with Crippen LogP contribution in [0, 0.1) is 5.82 Å². The number of anilines is 1. The van der Waals surface area contributed by atoms with Crippen molar-refractivity contribution in [3.05, 3.63) is 48.3 Å². The summed E-state index contributed by atoms with van der Waals surface area (Å²) < 4.78 is 30.4. The van der Waals surface area contributed by atoms with Gasteiger partial charge in [0.2, 0.25) is 12.6 Å². The Morgan fingerprint density at radius 2 is 1.85 bits per heavy atom. The van der Waals surface area contributed by atoms with Gasteiger partial charge in [-0.3, -0.25) is 0 Å². The molecule has 27 heavy (non-hydrogen) atoms. The fourth-order valence-electron chi connectivity index (χ4n) is 2.69. The van der Waals surface area contributed by atoms with Gasteiger partial charge < -0.3 is 19.7 Å². The van der Waals surface area contributed by atoms with Crippen LogP contribution in [0.15, 0.2) is 47.0 Å². The van der Waals surface area contributed by atoms with Crippen molar-refractivity contribution in [3.63, 3.8) is 0 Å². The fraction of sp³-hybridized carbons (Fsp3) is 0.0588. The number of aromatic nitrogens is 5. The minimum Gasteiger partial charge on any atom is -0.454 e. The molecule has 2 N–H and O–H groups in total. The lowest BCUT2D eigenvalue weighted by molar-refractivity contribution is 0.174. The molecule has 5 rings (SSSR count). The van der Waals surface area contributed by atoms with Crippen LogP contribution in [-0.2, 0) is 0 Å². The number of halogens is 1. The first-order valence-electron chi connectivity index (χ1n) is 7.90. The maximum Gasteiger partial charge on any atom is 0.282 e. The van der Waals surface area contributed by atoms with Crippen LogP contribution >= 0.6 is 0 Å². The molecular weight excluding hydrogens is 355 g/mol. The number of rotatable bonds is 3. The van der Waals surface area contributed by atoms with Crippen LogP contribution in [0.1, 0.15) is 0 Å². The molecule has 3 heterocycles. The van der Waals surface area contributed by atoms with E-state index in [4.69, 9.17) is 19.7 Å². The molecule has 9 nitrogen and oxygen atoms in total. The second-order valence-electron chi connectivity index (χ2n) is 5.70. The van der Waals surface area contributed by atoms with E-state index in [0.717, 1.165) is 0 Å². The average Bonchev–Trinajstić information content (AvgIpc) is 3.41. The number of benzene rings is 2. The normalized spacial score (nSPS) is 12.5. The summed E-state index contributed by atoms with van der Waals surface area (Å²) in [7, 11) is 0. The SMILES string of the molecule is Nc1c(-c2nc(-c3ccc4c(c3)OCO4)no2)nnn1-c1ccc(F)cc1. The van der Waals surface area contributed by atoms with Gasteiger partial charge >= 0.3 is 0 Å². The van der Waals surface area contributed by atoms with Gasteiger partial charge in [-0.2, -0.15) is 9.67 Å². The number of hydrogen-bond donors (Lipinski definition) is 1. The molecule has 134 valence electrons. The Morgan fingerprint density at radius 1 is 1.04 bits per heavy atom. The quantitative estimate of drug-likeness (QED) is 0.588. The zero-order valence-electron chi connectivity index (χ0n) is 13.7. The third kappa shape index (κ3) is 2.54. The molecule has 0 atom stereocenters. The van der Waals surface area contributed by atoms with Gasteiger partial charge in [0.1, 0.15) is 5.82 Å². The molecule has 0 radical (unpaired) electrons. The molecule has 0 unspecified atom stereocenters. The summed E-state index contributed by atoms with van der Waals surface area (Å²) in [5, 5.41) is 11.9. The van der Waals surface area contributed by atoms with Crippen LogP contribution in [-0.4, -0.2) is 31.9 Å². The Labute approximate surface area is 151 Å². The molecule has 10 heteroatoms. The van der Waals surface area contributed by atoms with E-state index in [1.165, 1.54) is 28.9 Å². The van der Waals surface area contributed by atoms with E-state index in [1.54, 1.807) is 18.2 Å². The zero-order chi connectivity index (χ0) is 18.4. The van der Waals surface area contributed by atoms with Crippen LogP contribution in [0.5, 0.6) is 11.5 Å². The van der Waals surface area contributed by atoms with Crippen LogP contribution < -0.4 is 15.2 Å². The van der Waals surface area contributed by atoms with Gasteiger partial charge in [0.25, 0.3) is 5.89 Å². The van der Waals surface area contributed by atoms with Gasteiger partial charge in [0.15, 0.2) is 23.0 Å². The number of nitrogens with zero attached hydrogens (tertiary/aromatic N) is 5. The molecule has 0 bridgehead atoms. The lowest BCUT2D eigenvalue weighted by Crippen LogP contribution is -2.02. The highest BCUT2D eigenvalue weighted by molar-refractivity contribution is 5.67. The molecule has 1 aliphatic rings. The van der Waals surface area contributed by atoms with Gasteiger partial charge in [0.05, 0.1) is 5.69 Å². The largest absolute Gasteiger partial charge is 0.454 e. The molecule has 0 aliphatic carbocycles. The van der Waals surface area contributed by atoms with Crippen LogP contribution in [0.4, 0.5) is 10.2 Å². The van der Waals surface area contributed by atoms with Gasteiger partial charge in [0, 0.05) is 5.56 Å². The molecule has 4 aromatic rings. The van der Waals surface area contributed by atoms with Crippen molar-refractivity contribution in [1.82, 2.24) is 25.1 Å². The van der Waals surface area contributed by atoms with Crippen LogP contribution in [0.25, 0.3) is 28.7 Å². The summed E-state index contributed by atoms with van der Waals surface area (Å²) >= 11 is 0. The van der Waals surface area contributed by atoms with Crippen molar-refractivity contribution in [1.29, 1.82) is 0 Å². The highest BCUT2D eigenvalue weighted by atomic mass is 19.1. The van der Waals surface area contributed by atoms with Crippen LogP contribution in [0.3, 0.4) is 0 Å². The minimum atomic E-state index is -0.358. The van der Waals surface area contributed by atoms with Crippen molar-refractivity contribution in [2.24, 2.45) is 0 Å². The van der Waals surface area contributed by atoms with E-state index >= 15 is 0 Å². The number of nitrogens with two attached hydrogens (primary N) is 1. The maximum absolute atomic E-state index is 13.1. The van der Waals surface area contributed by atoms with E-state index in [2.05, 4.69) is 20.5 Å². The molecule has 1 aliphatic heterocycles. The number of ether oxygens (including phenoxy) is 2. The zero-order valence-corrected chi connectivity index (χ0v) is 13.7. The smallest absolute Gasteiger partial charge is 0.282 e. The first-order valence-corrected chi connectivity index (χ1v) is 7.90. The highest BCUT2D eigenvalue weighted by Crippen LogP contribution is 2.35. The third-order valence-electron chi connectivity index (χ3n) is 4.04. The topological polar surface area (TPSA) is 114 Å². The number of hydrogen-bond acceptors (Lipinski definition) is 8. The summed E-state index contributed by atoms with van der Waals surface area (Å²) in [5.74, 6) is 1.58. The Morgan fingerprint density at radius 3 is 2.70 bits per heavy atom. The van der Waals surface area contributed by atoms with Gasteiger partial charge in [-0.05, 0) is 42.5 Å². The van der Waals surface area contributed by atoms with Crippen molar-refractivity contribution in [2.45, 2.75) is 0 Å². The Bertz CT molecular complexity index is 1140. The van der Waals surface area contributed by atoms with E-state index in [-0.39, 0.29) is 30.0 Å². The monoisotopic (exact) mass is 366 g/mol. The predicted octanol–water partition coefficient (Wildman–Crippen LogP) is 2.43. The molecule has 2 aromatic carbocycles. The first-order chi connectivity index (χ1) is 13.2. The maximum atomic E-state index is 13.1. The molecule has 0 amide bonds. The molecule has 0 fully saturated rings. The molecule has 0 saturated carbocycles. The van der Waals surface area contributed by atoms with Crippen molar-refractivity contribution in [3.8, 4) is 40.2 Å². The summed E-state index contributed by atoms with van der Waals surface area (Å²) in [6, 6.07) is 11.0. The molecule has 0 spiro atoms. The Kier molecular flexibility index (Phi) is 3.29. The van der Waals surface area contributed by atoms with Crippen molar-refractivity contribution >= 4 is 5.82 Å². The summed E-state index contributed by atoms with van der Waals surface area (Å²) in [6.45, 7) is 0.180. The highest BCUT2D eigenvalue weighted by Gasteiger charge is 2.21. The lowest BCUT2D eigenvalue weighted by Gasteiger charge is -2.01. The van der Waals surface area contributed by atoms with E-state index in [0.29, 0.717) is 28.6 Å². The minimum absolute atomic E-state index is 0.119. The second-order valence-corrected chi connectivity index (χ2v) is 5.70. The van der Waals surface area contributed by atoms with Gasteiger partial charge in [-0.1, -0.05) is 10.4 Å².